The lowest BCUT2D eigenvalue weighted by Gasteiger charge is -2.23. The topological polar surface area (TPSA) is 92.2 Å². The number of anilines is 1. The fraction of sp³-hybridized carbons (Fsp3) is 0.444. The maximum atomic E-state index is 13.2. The molecule has 3 rings (SSSR count). The van der Waals surface area contributed by atoms with Crippen molar-refractivity contribution >= 4 is 17.5 Å². The van der Waals surface area contributed by atoms with Gasteiger partial charge in [-0.3, -0.25) is 9.59 Å². The first-order chi connectivity index (χ1) is 13.3. The van der Waals surface area contributed by atoms with Crippen LogP contribution in [-0.4, -0.2) is 58.4 Å². The highest BCUT2D eigenvalue weighted by molar-refractivity contribution is 5.98. The summed E-state index contributed by atoms with van der Waals surface area (Å²) < 4.78 is 28.2. The highest BCUT2D eigenvalue weighted by Gasteiger charge is 2.25. The number of hydrogen-bond donors (Lipinski definition) is 2. The van der Waals surface area contributed by atoms with Gasteiger partial charge in [-0.25, -0.2) is 13.5 Å². The van der Waals surface area contributed by atoms with E-state index >= 15 is 0 Å². The molecule has 2 N–H and O–H groups in total. The Hall–Kier alpha value is -2.88. The molecule has 1 aliphatic rings. The number of carbonyl (C=O) groups excluding carboxylic acids is 2. The largest absolute Gasteiger partial charge is 0.331 e. The first-order valence-corrected chi connectivity index (χ1v) is 8.99. The van der Waals surface area contributed by atoms with Crippen molar-refractivity contribution in [2.45, 2.75) is 25.8 Å². The van der Waals surface area contributed by atoms with Gasteiger partial charge < -0.3 is 15.5 Å². The fourth-order valence-corrected chi connectivity index (χ4v) is 3.23. The Labute approximate surface area is 160 Å². The Balaban J connectivity index is 1.64. The van der Waals surface area contributed by atoms with Crippen molar-refractivity contribution in [3.05, 3.63) is 41.2 Å². The van der Waals surface area contributed by atoms with Crippen molar-refractivity contribution < 1.29 is 18.4 Å². The first-order valence-electron chi connectivity index (χ1n) is 8.99. The van der Waals surface area contributed by atoms with E-state index in [9.17, 15) is 18.4 Å². The van der Waals surface area contributed by atoms with Gasteiger partial charge in [0.1, 0.15) is 11.6 Å². The standard InChI is InChI=1S/C18H22F2N6O2/c1-11-17(23-24-26(11)15-3-5-21-6-4-15)18(28)25(2)10-16(27)22-14-8-12(19)7-13(20)9-14/h7-9,15,21H,3-6,10H2,1-2H3,(H,22,27). The number of nitrogens with zero attached hydrogens (tertiary/aromatic N) is 4. The quantitative estimate of drug-likeness (QED) is 0.805. The second kappa shape index (κ2) is 8.42. The third-order valence-electron chi connectivity index (χ3n) is 4.66. The summed E-state index contributed by atoms with van der Waals surface area (Å²) in [6.45, 7) is 3.25. The van der Waals surface area contributed by atoms with Gasteiger partial charge in [-0.05, 0) is 45.0 Å². The van der Waals surface area contributed by atoms with E-state index in [2.05, 4.69) is 20.9 Å². The van der Waals surface area contributed by atoms with Crippen molar-refractivity contribution in [3.63, 3.8) is 0 Å². The highest BCUT2D eigenvalue weighted by atomic mass is 19.1. The molecule has 28 heavy (non-hydrogen) atoms. The predicted octanol–water partition coefficient (Wildman–Crippen LogP) is 1.50. The fourth-order valence-electron chi connectivity index (χ4n) is 3.23. The number of halogens is 2. The monoisotopic (exact) mass is 392 g/mol. The highest BCUT2D eigenvalue weighted by Crippen LogP contribution is 2.21. The molecule has 0 bridgehead atoms. The van der Waals surface area contributed by atoms with Gasteiger partial charge in [0.05, 0.1) is 18.3 Å². The molecular formula is C18H22F2N6O2. The van der Waals surface area contributed by atoms with Crippen LogP contribution in [0.4, 0.5) is 14.5 Å². The van der Waals surface area contributed by atoms with Crippen LogP contribution in [0.15, 0.2) is 18.2 Å². The smallest absolute Gasteiger partial charge is 0.276 e. The number of piperidine rings is 1. The average molecular weight is 392 g/mol. The molecule has 10 heteroatoms. The van der Waals surface area contributed by atoms with Gasteiger partial charge in [0.15, 0.2) is 5.69 Å². The van der Waals surface area contributed by atoms with Crippen LogP contribution >= 0.6 is 0 Å². The van der Waals surface area contributed by atoms with Crippen LogP contribution in [0.25, 0.3) is 0 Å². The molecule has 8 nitrogen and oxygen atoms in total. The Morgan fingerprint density at radius 3 is 2.54 bits per heavy atom. The number of hydrogen-bond acceptors (Lipinski definition) is 5. The second-order valence-electron chi connectivity index (χ2n) is 6.82. The van der Waals surface area contributed by atoms with Gasteiger partial charge in [0, 0.05) is 18.8 Å². The molecule has 0 radical (unpaired) electrons. The number of rotatable bonds is 5. The van der Waals surface area contributed by atoms with Crippen LogP contribution in [0.1, 0.15) is 35.1 Å². The molecule has 1 aromatic carbocycles. The molecule has 1 aromatic heterocycles. The van der Waals surface area contributed by atoms with Gasteiger partial charge in [-0.2, -0.15) is 0 Å². The predicted molar refractivity (Wildman–Crippen MR) is 97.8 cm³/mol. The van der Waals surface area contributed by atoms with E-state index < -0.39 is 23.4 Å². The molecule has 1 aliphatic heterocycles. The molecule has 1 saturated heterocycles. The number of carbonyl (C=O) groups is 2. The lowest BCUT2D eigenvalue weighted by atomic mass is 10.1. The Bertz CT molecular complexity index is 859. The summed E-state index contributed by atoms with van der Waals surface area (Å²) in [5.41, 5.74) is 0.818. The van der Waals surface area contributed by atoms with Crippen molar-refractivity contribution in [2.75, 3.05) is 32.0 Å². The third kappa shape index (κ3) is 4.50. The summed E-state index contributed by atoms with van der Waals surface area (Å²) in [5, 5.41) is 13.8. The Kier molecular flexibility index (Phi) is 5.98. The zero-order valence-corrected chi connectivity index (χ0v) is 15.7. The summed E-state index contributed by atoms with van der Waals surface area (Å²) in [5.74, 6) is -2.63. The van der Waals surface area contributed by atoms with Crippen LogP contribution in [0, 0.1) is 18.6 Å². The van der Waals surface area contributed by atoms with Crippen LogP contribution in [0.5, 0.6) is 0 Å². The number of likely N-dealkylation sites (N-methyl/N-ethyl adjacent to an activating group) is 1. The van der Waals surface area contributed by atoms with Crippen molar-refractivity contribution in [3.8, 4) is 0 Å². The Morgan fingerprint density at radius 2 is 1.89 bits per heavy atom. The van der Waals surface area contributed by atoms with Crippen LogP contribution in [0.3, 0.4) is 0 Å². The van der Waals surface area contributed by atoms with E-state index in [1.807, 2.05) is 0 Å². The van der Waals surface area contributed by atoms with Gasteiger partial charge >= 0.3 is 0 Å². The minimum atomic E-state index is -0.801. The van der Waals surface area contributed by atoms with Gasteiger partial charge in [0.2, 0.25) is 5.91 Å². The zero-order chi connectivity index (χ0) is 20.3. The lowest BCUT2D eigenvalue weighted by molar-refractivity contribution is -0.116. The average Bonchev–Trinajstić information content (AvgIpc) is 3.02. The van der Waals surface area contributed by atoms with E-state index in [0.29, 0.717) is 11.8 Å². The summed E-state index contributed by atoms with van der Waals surface area (Å²) >= 11 is 0. The Morgan fingerprint density at radius 1 is 1.25 bits per heavy atom. The van der Waals surface area contributed by atoms with Crippen molar-refractivity contribution in [1.82, 2.24) is 25.2 Å². The number of aromatic nitrogens is 3. The third-order valence-corrected chi connectivity index (χ3v) is 4.66. The number of nitrogens with one attached hydrogen (secondary N) is 2. The van der Waals surface area contributed by atoms with Crippen molar-refractivity contribution in [2.24, 2.45) is 0 Å². The molecule has 150 valence electrons. The molecule has 2 aromatic rings. The minimum absolute atomic E-state index is 0.0172. The van der Waals surface area contributed by atoms with Gasteiger partial charge in [-0.1, -0.05) is 5.21 Å². The molecule has 0 atom stereocenters. The number of amides is 2. The molecule has 2 heterocycles. The summed E-state index contributed by atoms with van der Waals surface area (Å²) in [7, 11) is 1.46. The lowest BCUT2D eigenvalue weighted by Crippen LogP contribution is -2.35. The normalized spacial score (nSPS) is 14.7. The van der Waals surface area contributed by atoms with E-state index in [-0.39, 0.29) is 24.0 Å². The molecule has 2 amide bonds. The van der Waals surface area contributed by atoms with E-state index in [1.54, 1.807) is 11.6 Å². The van der Waals surface area contributed by atoms with Gasteiger partial charge in [-0.15, -0.1) is 5.10 Å². The number of benzene rings is 1. The summed E-state index contributed by atoms with van der Waals surface area (Å²) in [6, 6.07) is 2.89. The van der Waals surface area contributed by atoms with E-state index in [1.165, 1.54) is 11.9 Å². The van der Waals surface area contributed by atoms with Crippen LogP contribution in [-0.2, 0) is 4.79 Å². The molecule has 0 saturated carbocycles. The molecule has 1 fully saturated rings. The summed E-state index contributed by atoms with van der Waals surface area (Å²) in [4.78, 5) is 26.0. The summed E-state index contributed by atoms with van der Waals surface area (Å²) in [6.07, 6.45) is 1.81. The van der Waals surface area contributed by atoms with Crippen LogP contribution < -0.4 is 10.6 Å². The maximum absolute atomic E-state index is 13.2. The van der Waals surface area contributed by atoms with Crippen molar-refractivity contribution in [1.29, 1.82) is 0 Å². The zero-order valence-electron chi connectivity index (χ0n) is 15.7. The molecular weight excluding hydrogens is 370 g/mol. The molecule has 0 aliphatic carbocycles. The molecule has 0 unspecified atom stereocenters. The van der Waals surface area contributed by atoms with Crippen LogP contribution in [0.2, 0.25) is 0 Å². The van der Waals surface area contributed by atoms with E-state index in [0.717, 1.165) is 38.1 Å². The molecule has 0 spiro atoms. The van der Waals surface area contributed by atoms with Gasteiger partial charge in [0.25, 0.3) is 5.91 Å². The SMILES string of the molecule is Cc1c(C(=O)N(C)CC(=O)Nc2cc(F)cc(F)c2)nnn1C1CCNCC1. The first kappa shape index (κ1) is 19.9. The maximum Gasteiger partial charge on any atom is 0.276 e. The van der Waals surface area contributed by atoms with E-state index in [4.69, 9.17) is 0 Å². The second-order valence-corrected chi connectivity index (χ2v) is 6.82. The minimum Gasteiger partial charge on any atom is -0.331 e.